The topological polar surface area (TPSA) is 42.0 Å². The van der Waals surface area contributed by atoms with Crippen LogP contribution in [0, 0.1) is 6.92 Å². The Morgan fingerprint density at radius 1 is 1.27 bits per heavy atom. The molecule has 3 rings (SSSR count). The van der Waals surface area contributed by atoms with E-state index < -0.39 is 0 Å². The Hall–Kier alpha value is -1.72. The molecule has 114 valence electrons. The minimum Gasteiger partial charge on any atom is -0.351 e. The SMILES string of the molecule is Cc1ccsc1CNC(=O)CCCc1nc2ccccc2s1. The zero-order chi connectivity index (χ0) is 15.4. The van der Waals surface area contributed by atoms with Crippen LogP contribution in [0.2, 0.25) is 0 Å². The smallest absolute Gasteiger partial charge is 0.220 e. The first-order chi connectivity index (χ1) is 10.7. The molecule has 5 heteroatoms. The van der Waals surface area contributed by atoms with Crippen molar-refractivity contribution in [1.29, 1.82) is 0 Å². The summed E-state index contributed by atoms with van der Waals surface area (Å²) in [6.07, 6.45) is 2.26. The maximum absolute atomic E-state index is 11.9. The summed E-state index contributed by atoms with van der Waals surface area (Å²) in [4.78, 5) is 17.7. The van der Waals surface area contributed by atoms with Gasteiger partial charge in [-0.2, -0.15) is 0 Å². The number of fused-ring (bicyclic) bond motifs is 1. The molecule has 2 heterocycles. The first-order valence-electron chi connectivity index (χ1n) is 7.36. The zero-order valence-corrected chi connectivity index (χ0v) is 14.1. The second-order valence-electron chi connectivity index (χ2n) is 5.23. The van der Waals surface area contributed by atoms with Crippen LogP contribution >= 0.6 is 22.7 Å². The number of nitrogens with one attached hydrogen (secondary N) is 1. The third-order valence-electron chi connectivity index (χ3n) is 3.55. The Morgan fingerprint density at radius 3 is 2.91 bits per heavy atom. The molecule has 0 aliphatic rings. The summed E-state index contributed by atoms with van der Waals surface area (Å²) in [5.41, 5.74) is 2.31. The predicted octanol–water partition coefficient (Wildman–Crippen LogP) is 4.31. The molecular weight excluding hydrogens is 312 g/mol. The van der Waals surface area contributed by atoms with Gasteiger partial charge in [-0.1, -0.05) is 12.1 Å². The first-order valence-corrected chi connectivity index (χ1v) is 9.06. The molecule has 2 aromatic heterocycles. The number of carbonyl (C=O) groups is 1. The standard InChI is InChI=1S/C17H18N2OS2/c1-12-9-10-21-15(12)11-18-16(20)7-4-8-17-19-13-5-2-3-6-14(13)22-17/h2-3,5-6,9-10H,4,7-8,11H2,1H3,(H,18,20). The van der Waals surface area contributed by atoms with Gasteiger partial charge in [-0.05, 0) is 48.9 Å². The molecule has 0 bridgehead atoms. The lowest BCUT2D eigenvalue weighted by atomic mass is 10.2. The quantitative estimate of drug-likeness (QED) is 0.732. The van der Waals surface area contributed by atoms with Crippen LogP contribution in [0.1, 0.15) is 28.3 Å². The van der Waals surface area contributed by atoms with Crippen molar-refractivity contribution in [2.45, 2.75) is 32.7 Å². The molecule has 0 unspecified atom stereocenters. The summed E-state index contributed by atoms with van der Waals surface area (Å²) in [6, 6.07) is 10.2. The van der Waals surface area contributed by atoms with Crippen LogP contribution in [0.5, 0.6) is 0 Å². The van der Waals surface area contributed by atoms with E-state index in [9.17, 15) is 4.79 Å². The number of carbonyl (C=O) groups excluding carboxylic acids is 1. The van der Waals surface area contributed by atoms with Gasteiger partial charge in [-0.25, -0.2) is 4.98 Å². The van der Waals surface area contributed by atoms with Crippen LogP contribution in [0.4, 0.5) is 0 Å². The number of rotatable bonds is 6. The maximum Gasteiger partial charge on any atom is 0.220 e. The van der Waals surface area contributed by atoms with Crippen molar-refractivity contribution in [1.82, 2.24) is 10.3 Å². The average Bonchev–Trinajstić information content (AvgIpc) is 3.10. The van der Waals surface area contributed by atoms with Crippen molar-refractivity contribution in [3.05, 3.63) is 51.2 Å². The number of hydrogen-bond donors (Lipinski definition) is 1. The van der Waals surface area contributed by atoms with Crippen LogP contribution in [0.3, 0.4) is 0 Å². The maximum atomic E-state index is 11.9. The molecule has 0 aliphatic heterocycles. The summed E-state index contributed by atoms with van der Waals surface area (Å²) in [6.45, 7) is 2.72. The fourth-order valence-electron chi connectivity index (χ4n) is 2.28. The molecule has 0 radical (unpaired) electrons. The molecule has 22 heavy (non-hydrogen) atoms. The summed E-state index contributed by atoms with van der Waals surface area (Å²) in [5.74, 6) is 0.119. The van der Waals surface area contributed by atoms with Crippen LogP contribution < -0.4 is 5.32 Å². The molecule has 3 aromatic rings. The van der Waals surface area contributed by atoms with Crippen LogP contribution in [-0.4, -0.2) is 10.9 Å². The van der Waals surface area contributed by atoms with Crippen molar-refractivity contribution in [3.8, 4) is 0 Å². The second kappa shape index (κ2) is 7.03. The molecule has 0 spiro atoms. The lowest BCUT2D eigenvalue weighted by Gasteiger charge is -2.04. The van der Waals surface area contributed by atoms with E-state index in [0.29, 0.717) is 13.0 Å². The highest BCUT2D eigenvalue weighted by Crippen LogP contribution is 2.22. The first kappa shape index (κ1) is 15.2. The lowest BCUT2D eigenvalue weighted by molar-refractivity contribution is -0.121. The third kappa shape index (κ3) is 3.72. The fourth-order valence-corrected chi connectivity index (χ4v) is 4.13. The van der Waals surface area contributed by atoms with Gasteiger partial charge in [0.25, 0.3) is 0 Å². The summed E-state index contributed by atoms with van der Waals surface area (Å²) in [7, 11) is 0. The van der Waals surface area contributed by atoms with E-state index in [4.69, 9.17) is 0 Å². The van der Waals surface area contributed by atoms with Gasteiger partial charge in [-0.3, -0.25) is 4.79 Å². The Labute approximate surface area is 138 Å². The van der Waals surface area contributed by atoms with E-state index in [1.165, 1.54) is 15.1 Å². The number of amides is 1. The van der Waals surface area contributed by atoms with E-state index >= 15 is 0 Å². The number of para-hydroxylation sites is 1. The Kier molecular flexibility index (Phi) is 4.85. The summed E-state index contributed by atoms with van der Waals surface area (Å²) < 4.78 is 1.22. The van der Waals surface area contributed by atoms with Gasteiger partial charge >= 0.3 is 0 Å². The number of aryl methyl sites for hydroxylation is 2. The van der Waals surface area contributed by atoms with Crippen molar-refractivity contribution in [2.24, 2.45) is 0 Å². The van der Waals surface area contributed by atoms with Gasteiger partial charge in [0, 0.05) is 11.3 Å². The van der Waals surface area contributed by atoms with Gasteiger partial charge < -0.3 is 5.32 Å². The number of aromatic nitrogens is 1. The molecule has 0 fully saturated rings. The minimum atomic E-state index is 0.119. The Bertz CT molecular complexity index is 743. The Morgan fingerprint density at radius 2 is 2.14 bits per heavy atom. The van der Waals surface area contributed by atoms with E-state index in [0.717, 1.165) is 23.4 Å². The number of thiazole rings is 1. The highest BCUT2D eigenvalue weighted by Gasteiger charge is 2.06. The summed E-state index contributed by atoms with van der Waals surface area (Å²) in [5, 5.41) is 6.17. The molecule has 1 aromatic carbocycles. The van der Waals surface area contributed by atoms with Crippen LogP contribution in [0.25, 0.3) is 10.2 Å². The van der Waals surface area contributed by atoms with E-state index in [1.807, 2.05) is 18.2 Å². The fraction of sp³-hybridized carbons (Fsp3) is 0.294. The molecule has 0 atom stereocenters. The minimum absolute atomic E-state index is 0.119. The molecule has 3 nitrogen and oxygen atoms in total. The van der Waals surface area contributed by atoms with Gasteiger partial charge in [0.15, 0.2) is 0 Å². The Balaban J connectivity index is 1.44. The highest BCUT2D eigenvalue weighted by atomic mass is 32.1. The number of benzene rings is 1. The van der Waals surface area contributed by atoms with E-state index in [2.05, 4.69) is 34.7 Å². The predicted molar refractivity (Wildman–Crippen MR) is 93.5 cm³/mol. The number of hydrogen-bond acceptors (Lipinski definition) is 4. The van der Waals surface area contributed by atoms with Crippen molar-refractivity contribution < 1.29 is 4.79 Å². The summed E-state index contributed by atoms with van der Waals surface area (Å²) >= 11 is 3.41. The second-order valence-corrected chi connectivity index (χ2v) is 7.35. The number of nitrogens with zero attached hydrogens (tertiary/aromatic N) is 1. The zero-order valence-electron chi connectivity index (χ0n) is 12.5. The van der Waals surface area contributed by atoms with Crippen LogP contribution in [0.15, 0.2) is 35.7 Å². The molecule has 1 amide bonds. The third-order valence-corrected chi connectivity index (χ3v) is 5.67. The number of thiophene rings is 1. The lowest BCUT2D eigenvalue weighted by Crippen LogP contribution is -2.22. The molecule has 1 N–H and O–H groups in total. The van der Waals surface area contributed by atoms with Gasteiger partial charge in [-0.15, -0.1) is 22.7 Å². The van der Waals surface area contributed by atoms with Crippen molar-refractivity contribution >= 4 is 38.8 Å². The van der Waals surface area contributed by atoms with Gasteiger partial charge in [0.05, 0.1) is 21.8 Å². The van der Waals surface area contributed by atoms with Crippen molar-refractivity contribution in [3.63, 3.8) is 0 Å². The molecule has 0 saturated heterocycles. The normalized spacial score (nSPS) is 11.0. The highest BCUT2D eigenvalue weighted by molar-refractivity contribution is 7.18. The molecule has 0 saturated carbocycles. The van der Waals surface area contributed by atoms with Gasteiger partial charge in [0.2, 0.25) is 5.91 Å². The van der Waals surface area contributed by atoms with Crippen molar-refractivity contribution in [2.75, 3.05) is 0 Å². The largest absolute Gasteiger partial charge is 0.351 e. The van der Waals surface area contributed by atoms with E-state index in [-0.39, 0.29) is 5.91 Å². The molecular formula is C17H18N2OS2. The average molecular weight is 330 g/mol. The molecule has 0 aliphatic carbocycles. The van der Waals surface area contributed by atoms with Gasteiger partial charge in [0.1, 0.15) is 0 Å². The van der Waals surface area contributed by atoms with Crippen LogP contribution in [-0.2, 0) is 17.8 Å². The van der Waals surface area contributed by atoms with E-state index in [1.54, 1.807) is 22.7 Å². The monoisotopic (exact) mass is 330 g/mol.